The summed E-state index contributed by atoms with van der Waals surface area (Å²) in [5.74, 6) is 1.34. The zero-order valence-corrected chi connectivity index (χ0v) is 16.2. The first-order valence-electron chi connectivity index (χ1n) is 9.79. The summed E-state index contributed by atoms with van der Waals surface area (Å²) in [6.45, 7) is 9.27. The van der Waals surface area contributed by atoms with Crippen molar-refractivity contribution in [2.45, 2.75) is 51.7 Å². The summed E-state index contributed by atoms with van der Waals surface area (Å²) in [4.78, 5) is 18.7. The van der Waals surface area contributed by atoms with Crippen LogP contribution in [0.3, 0.4) is 0 Å². The van der Waals surface area contributed by atoms with Crippen molar-refractivity contribution in [3.63, 3.8) is 0 Å². The highest BCUT2D eigenvalue weighted by atomic mass is 16.6. The first kappa shape index (κ1) is 18.0. The van der Waals surface area contributed by atoms with Gasteiger partial charge < -0.3 is 20.3 Å². The molecule has 0 saturated carbocycles. The maximum absolute atomic E-state index is 12.2. The number of fused-ring (bicyclic) bond motifs is 1. The van der Waals surface area contributed by atoms with Gasteiger partial charge in [-0.05, 0) is 25.7 Å². The molecule has 2 aromatic rings. The first-order valence-corrected chi connectivity index (χ1v) is 9.79. The van der Waals surface area contributed by atoms with Crippen molar-refractivity contribution < 1.29 is 9.53 Å². The predicted molar refractivity (Wildman–Crippen MR) is 103 cm³/mol. The molecule has 0 atom stereocenters. The van der Waals surface area contributed by atoms with Gasteiger partial charge in [-0.2, -0.15) is 9.61 Å². The molecule has 4 heterocycles. The quantitative estimate of drug-likeness (QED) is 0.856. The second-order valence-corrected chi connectivity index (χ2v) is 7.84. The number of nitrogens with zero attached hydrogens (tertiary/aromatic N) is 4. The molecular weight excluding hydrogens is 344 g/mol. The fourth-order valence-corrected chi connectivity index (χ4v) is 3.59. The molecule has 146 valence electrons. The largest absolute Gasteiger partial charge is 0.443 e. The van der Waals surface area contributed by atoms with Crippen LogP contribution in [-0.2, 0) is 4.74 Å². The van der Waals surface area contributed by atoms with Crippen molar-refractivity contribution in [2.75, 3.05) is 31.5 Å². The Morgan fingerprint density at radius 1 is 1.33 bits per heavy atom. The molecule has 2 aliphatic heterocycles. The highest BCUT2D eigenvalue weighted by Crippen LogP contribution is 2.24. The second kappa shape index (κ2) is 7.34. The SMILES string of the molecule is Cc1cc(NC2CCN(C(=O)OC3CNC3)CC2)n2ncc(C(C)C)c2n1. The average Bonchev–Trinajstić information content (AvgIpc) is 3.02. The fourth-order valence-electron chi connectivity index (χ4n) is 3.59. The summed E-state index contributed by atoms with van der Waals surface area (Å²) < 4.78 is 7.35. The van der Waals surface area contributed by atoms with Gasteiger partial charge in [0.15, 0.2) is 5.65 Å². The Morgan fingerprint density at radius 3 is 2.70 bits per heavy atom. The summed E-state index contributed by atoms with van der Waals surface area (Å²) >= 11 is 0. The van der Waals surface area contributed by atoms with Crippen LogP contribution in [0.5, 0.6) is 0 Å². The third-order valence-electron chi connectivity index (χ3n) is 5.37. The minimum Gasteiger partial charge on any atom is -0.443 e. The summed E-state index contributed by atoms with van der Waals surface area (Å²) in [6.07, 6.45) is 3.54. The Bertz CT molecular complexity index is 821. The number of hydrogen-bond donors (Lipinski definition) is 2. The molecule has 2 saturated heterocycles. The van der Waals surface area contributed by atoms with E-state index in [0.717, 1.165) is 48.7 Å². The minimum absolute atomic E-state index is 0.0383. The minimum atomic E-state index is -0.184. The van der Waals surface area contributed by atoms with Crippen molar-refractivity contribution >= 4 is 17.6 Å². The number of rotatable bonds is 4. The van der Waals surface area contributed by atoms with Crippen molar-refractivity contribution in [1.82, 2.24) is 24.8 Å². The van der Waals surface area contributed by atoms with Crippen LogP contribution in [0.15, 0.2) is 12.3 Å². The highest BCUT2D eigenvalue weighted by molar-refractivity contribution is 5.68. The number of piperidine rings is 1. The van der Waals surface area contributed by atoms with Gasteiger partial charge in [0.2, 0.25) is 0 Å². The van der Waals surface area contributed by atoms with E-state index in [2.05, 4.69) is 34.6 Å². The highest BCUT2D eigenvalue weighted by Gasteiger charge is 2.28. The Morgan fingerprint density at radius 2 is 2.07 bits per heavy atom. The van der Waals surface area contributed by atoms with Gasteiger partial charge in [0.05, 0.1) is 6.20 Å². The van der Waals surface area contributed by atoms with E-state index in [-0.39, 0.29) is 12.2 Å². The lowest BCUT2D eigenvalue weighted by atomic mass is 10.1. The van der Waals surface area contributed by atoms with Crippen LogP contribution >= 0.6 is 0 Å². The number of carbonyl (C=O) groups is 1. The number of amides is 1. The van der Waals surface area contributed by atoms with Crippen LogP contribution in [0.25, 0.3) is 5.65 Å². The topological polar surface area (TPSA) is 83.8 Å². The van der Waals surface area contributed by atoms with Crippen LogP contribution < -0.4 is 10.6 Å². The lowest BCUT2D eigenvalue weighted by Crippen LogP contribution is -2.52. The van der Waals surface area contributed by atoms with Gasteiger partial charge >= 0.3 is 6.09 Å². The Balaban J connectivity index is 1.41. The van der Waals surface area contributed by atoms with Crippen molar-refractivity contribution in [1.29, 1.82) is 0 Å². The fraction of sp³-hybridized carbons (Fsp3) is 0.632. The summed E-state index contributed by atoms with van der Waals surface area (Å²) in [7, 11) is 0. The molecule has 0 radical (unpaired) electrons. The van der Waals surface area contributed by atoms with E-state index in [1.807, 2.05) is 28.6 Å². The molecule has 2 N–H and O–H groups in total. The van der Waals surface area contributed by atoms with Crippen LogP contribution in [-0.4, -0.2) is 63.9 Å². The average molecular weight is 372 g/mol. The Labute approximate surface area is 159 Å². The Kier molecular flexibility index (Phi) is 4.90. The lowest BCUT2D eigenvalue weighted by molar-refractivity contribution is 0.0347. The smallest absolute Gasteiger partial charge is 0.410 e. The molecule has 4 rings (SSSR count). The van der Waals surface area contributed by atoms with E-state index >= 15 is 0 Å². The molecule has 0 bridgehead atoms. The van der Waals surface area contributed by atoms with E-state index in [0.29, 0.717) is 25.0 Å². The predicted octanol–water partition coefficient (Wildman–Crippen LogP) is 2.15. The molecule has 2 fully saturated rings. The van der Waals surface area contributed by atoms with Crippen LogP contribution in [0.4, 0.5) is 10.6 Å². The van der Waals surface area contributed by atoms with Gasteiger partial charge in [0.25, 0.3) is 0 Å². The zero-order chi connectivity index (χ0) is 19.0. The molecule has 1 amide bonds. The summed E-state index contributed by atoms with van der Waals surface area (Å²) in [5, 5.41) is 11.3. The maximum atomic E-state index is 12.2. The van der Waals surface area contributed by atoms with Crippen molar-refractivity contribution in [3.05, 3.63) is 23.5 Å². The number of ether oxygens (including phenoxy) is 1. The number of likely N-dealkylation sites (tertiary alicyclic amines) is 1. The Hall–Kier alpha value is -2.35. The van der Waals surface area contributed by atoms with Gasteiger partial charge in [-0.1, -0.05) is 13.8 Å². The number of aryl methyl sites for hydroxylation is 1. The molecule has 0 unspecified atom stereocenters. The monoisotopic (exact) mass is 372 g/mol. The summed E-state index contributed by atoms with van der Waals surface area (Å²) in [5.41, 5.74) is 3.05. The zero-order valence-electron chi connectivity index (χ0n) is 16.2. The van der Waals surface area contributed by atoms with E-state index in [1.54, 1.807) is 0 Å². The van der Waals surface area contributed by atoms with Gasteiger partial charge in [0.1, 0.15) is 11.9 Å². The van der Waals surface area contributed by atoms with Crippen LogP contribution in [0.1, 0.15) is 43.9 Å². The summed E-state index contributed by atoms with van der Waals surface area (Å²) in [6, 6.07) is 2.34. The van der Waals surface area contributed by atoms with E-state index in [9.17, 15) is 4.79 Å². The lowest BCUT2D eigenvalue weighted by Gasteiger charge is -2.34. The van der Waals surface area contributed by atoms with Gasteiger partial charge in [0, 0.05) is 49.5 Å². The molecule has 2 aliphatic rings. The van der Waals surface area contributed by atoms with E-state index in [4.69, 9.17) is 4.74 Å². The van der Waals surface area contributed by atoms with E-state index < -0.39 is 0 Å². The van der Waals surface area contributed by atoms with E-state index in [1.165, 1.54) is 0 Å². The molecular formula is C19H28N6O2. The van der Waals surface area contributed by atoms with Crippen molar-refractivity contribution in [2.24, 2.45) is 0 Å². The van der Waals surface area contributed by atoms with Crippen LogP contribution in [0, 0.1) is 6.92 Å². The molecule has 27 heavy (non-hydrogen) atoms. The second-order valence-electron chi connectivity index (χ2n) is 7.84. The van der Waals surface area contributed by atoms with Crippen LogP contribution in [0.2, 0.25) is 0 Å². The molecule has 0 spiro atoms. The number of carbonyl (C=O) groups excluding carboxylic acids is 1. The number of anilines is 1. The molecule has 8 heteroatoms. The normalized spacial score (nSPS) is 18.7. The van der Waals surface area contributed by atoms with Gasteiger partial charge in [-0.15, -0.1) is 0 Å². The molecule has 0 aromatic carbocycles. The number of aromatic nitrogens is 3. The van der Waals surface area contributed by atoms with Gasteiger partial charge in [-0.25, -0.2) is 9.78 Å². The maximum Gasteiger partial charge on any atom is 0.410 e. The molecule has 8 nitrogen and oxygen atoms in total. The van der Waals surface area contributed by atoms with Gasteiger partial charge in [-0.3, -0.25) is 0 Å². The third-order valence-corrected chi connectivity index (χ3v) is 5.37. The number of nitrogens with one attached hydrogen (secondary N) is 2. The molecule has 2 aromatic heterocycles. The number of hydrogen-bond acceptors (Lipinski definition) is 6. The van der Waals surface area contributed by atoms with Crippen molar-refractivity contribution in [3.8, 4) is 0 Å². The standard InChI is InChI=1S/C19H28N6O2/c1-12(2)16-11-21-25-17(8-13(3)22-18(16)25)23-14-4-6-24(7-5-14)19(26)27-15-9-20-10-15/h8,11-12,14-15,20,23H,4-7,9-10H2,1-3H3. The molecule has 0 aliphatic carbocycles. The first-order chi connectivity index (χ1) is 13.0. The third kappa shape index (κ3) is 3.71.